The standard InChI is InChI=1S/C27H24N4O3/c1-34-16-15-31-23-14-8-6-12-20(23)24(18-9-3-2-4-10-18)29-25(27(31)33)30-26(32)22-17-19-11-5-7-13-21(19)28-22/h2-14,17,25,28H,15-16H2,1H3,(H,30,32)/t25-/m1/s1. The van der Waals surface area contributed by atoms with Crippen LogP contribution in [0, 0.1) is 0 Å². The predicted octanol–water partition coefficient (Wildman–Crippen LogP) is 3.75. The molecule has 0 radical (unpaired) electrons. The number of aromatic nitrogens is 1. The molecule has 1 atom stereocenters. The SMILES string of the molecule is COCCN1C(=O)[C@@H](NC(=O)c2cc3ccccc3[nH]2)N=C(c2ccccc2)c2ccccc21. The van der Waals surface area contributed by atoms with Crippen LogP contribution in [-0.4, -0.2) is 48.9 Å². The van der Waals surface area contributed by atoms with Gasteiger partial charge in [0.15, 0.2) is 0 Å². The van der Waals surface area contributed by atoms with Gasteiger partial charge < -0.3 is 19.9 Å². The molecule has 0 fully saturated rings. The second-order valence-corrected chi connectivity index (χ2v) is 7.99. The number of ether oxygens (including phenoxy) is 1. The molecular weight excluding hydrogens is 428 g/mol. The van der Waals surface area contributed by atoms with Crippen LogP contribution in [0.3, 0.4) is 0 Å². The highest BCUT2D eigenvalue weighted by Crippen LogP contribution is 2.28. The number of benzene rings is 3. The third-order valence-electron chi connectivity index (χ3n) is 5.82. The molecule has 0 bridgehead atoms. The van der Waals surface area contributed by atoms with Gasteiger partial charge in [-0.1, -0.05) is 66.7 Å². The molecule has 3 aromatic carbocycles. The van der Waals surface area contributed by atoms with Crippen molar-refractivity contribution in [3.8, 4) is 0 Å². The summed E-state index contributed by atoms with van der Waals surface area (Å²) in [6.07, 6.45) is -1.10. The molecule has 170 valence electrons. The lowest BCUT2D eigenvalue weighted by Crippen LogP contribution is -2.48. The van der Waals surface area contributed by atoms with Crippen LogP contribution >= 0.6 is 0 Å². The van der Waals surface area contributed by atoms with Crippen LogP contribution in [0.4, 0.5) is 5.69 Å². The van der Waals surface area contributed by atoms with Gasteiger partial charge in [0.05, 0.1) is 18.0 Å². The summed E-state index contributed by atoms with van der Waals surface area (Å²) in [5.74, 6) is -0.719. The van der Waals surface area contributed by atoms with E-state index in [0.717, 1.165) is 27.7 Å². The number of nitrogens with zero attached hydrogens (tertiary/aromatic N) is 2. The molecule has 0 saturated carbocycles. The number of nitrogens with one attached hydrogen (secondary N) is 2. The van der Waals surface area contributed by atoms with Gasteiger partial charge in [-0.2, -0.15) is 0 Å². The maximum atomic E-state index is 13.7. The maximum absolute atomic E-state index is 13.7. The smallest absolute Gasteiger partial charge is 0.272 e. The first-order chi connectivity index (χ1) is 16.7. The molecule has 2 amide bonds. The Kier molecular flexibility index (Phi) is 5.93. The molecule has 2 N–H and O–H groups in total. The van der Waals surface area contributed by atoms with Gasteiger partial charge in [-0.05, 0) is 18.2 Å². The van der Waals surface area contributed by atoms with E-state index in [-0.39, 0.29) is 5.91 Å². The summed E-state index contributed by atoms with van der Waals surface area (Å²) in [6.45, 7) is 0.687. The molecule has 5 rings (SSSR count). The zero-order valence-corrected chi connectivity index (χ0v) is 18.7. The minimum Gasteiger partial charge on any atom is -0.383 e. The number of methoxy groups -OCH3 is 1. The number of H-pyrrole nitrogens is 1. The van der Waals surface area contributed by atoms with Gasteiger partial charge in [-0.3, -0.25) is 9.59 Å². The lowest BCUT2D eigenvalue weighted by molar-refractivity contribution is -0.120. The first kappa shape index (κ1) is 21.6. The van der Waals surface area contributed by atoms with E-state index in [2.05, 4.69) is 10.3 Å². The van der Waals surface area contributed by atoms with Crippen molar-refractivity contribution in [2.75, 3.05) is 25.2 Å². The van der Waals surface area contributed by atoms with E-state index in [0.29, 0.717) is 24.6 Å². The zero-order chi connectivity index (χ0) is 23.5. The molecule has 7 nitrogen and oxygen atoms in total. The minimum atomic E-state index is -1.10. The van der Waals surface area contributed by atoms with Crippen LogP contribution in [0.2, 0.25) is 0 Å². The fraction of sp³-hybridized carbons (Fsp3) is 0.148. The number of carbonyl (C=O) groups is 2. The highest BCUT2D eigenvalue weighted by molar-refractivity contribution is 6.20. The van der Waals surface area contributed by atoms with E-state index in [1.807, 2.05) is 78.9 Å². The molecular formula is C27H24N4O3. The summed E-state index contributed by atoms with van der Waals surface area (Å²) in [4.78, 5) is 36.4. The molecule has 4 aromatic rings. The van der Waals surface area contributed by atoms with Crippen molar-refractivity contribution < 1.29 is 14.3 Å². The molecule has 34 heavy (non-hydrogen) atoms. The lowest BCUT2D eigenvalue weighted by Gasteiger charge is -2.25. The Morgan fingerprint density at radius 3 is 2.56 bits per heavy atom. The van der Waals surface area contributed by atoms with Gasteiger partial charge >= 0.3 is 0 Å². The first-order valence-corrected chi connectivity index (χ1v) is 11.1. The summed E-state index contributed by atoms with van der Waals surface area (Å²) < 4.78 is 5.26. The van der Waals surface area contributed by atoms with E-state index in [1.165, 1.54) is 0 Å². The highest BCUT2D eigenvalue weighted by Gasteiger charge is 2.33. The van der Waals surface area contributed by atoms with Crippen molar-refractivity contribution in [3.05, 3.63) is 102 Å². The second-order valence-electron chi connectivity index (χ2n) is 7.99. The number of para-hydroxylation sites is 2. The summed E-state index contributed by atoms with van der Waals surface area (Å²) in [7, 11) is 1.59. The number of carbonyl (C=O) groups excluding carboxylic acids is 2. The van der Waals surface area contributed by atoms with E-state index in [9.17, 15) is 9.59 Å². The Labute approximate surface area is 197 Å². The van der Waals surface area contributed by atoms with Gasteiger partial charge in [0.1, 0.15) is 5.69 Å². The van der Waals surface area contributed by atoms with Crippen LogP contribution < -0.4 is 10.2 Å². The number of benzodiazepines with no additional fused rings is 1. The van der Waals surface area contributed by atoms with Gasteiger partial charge in [-0.25, -0.2) is 4.99 Å². The van der Waals surface area contributed by atoms with Crippen LogP contribution in [0.15, 0.2) is 89.9 Å². The molecule has 1 aliphatic rings. The summed E-state index contributed by atoms with van der Waals surface area (Å²) in [5.41, 5.74) is 4.28. The topological polar surface area (TPSA) is 86.8 Å². The third-order valence-corrected chi connectivity index (χ3v) is 5.82. The fourth-order valence-electron chi connectivity index (χ4n) is 4.16. The number of aliphatic imine (C=N–C) groups is 1. The monoisotopic (exact) mass is 452 g/mol. The number of hydrogen-bond acceptors (Lipinski definition) is 4. The number of anilines is 1. The van der Waals surface area contributed by atoms with Gasteiger partial charge in [0, 0.05) is 35.7 Å². The van der Waals surface area contributed by atoms with Gasteiger partial charge in [-0.15, -0.1) is 0 Å². The summed E-state index contributed by atoms with van der Waals surface area (Å²) in [5, 5.41) is 3.76. The quantitative estimate of drug-likeness (QED) is 0.467. The Bertz CT molecular complexity index is 1340. The Balaban J connectivity index is 1.57. The number of hydrogen-bond donors (Lipinski definition) is 2. The van der Waals surface area contributed by atoms with E-state index >= 15 is 0 Å². The molecule has 0 saturated heterocycles. The van der Waals surface area contributed by atoms with E-state index in [1.54, 1.807) is 18.1 Å². The van der Waals surface area contributed by atoms with Crippen LogP contribution in [-0.2, 0) is 9.53 Å². The first-order valence-electron chi connectivity index (χ1n) is 11.1. The molecule has 0 aliphatic carbocycles. The number of aromatic amines is 1. The molecule has 7 heteroatoms. The summed E-state index contributed by atoms with van der Waals surface area (Å²) >= 11 is 0. The minimum absolute atomic E-state index is 0.320. The fourth-order valence-corrected chi connectivity index (χ4v) is 4.16. The normalized spacial score (nSPS) is 15.6. The summed E-state index contributed by atoms with van der Waals surface area (Å²) in [6, 6.07) is 26.7. The molecule has 2 heterocycles. The molecule has 1 aromatic heterocycles. The van der Waals surface area contributed by atoms with Crippen molar-refractivity contribution in [3.63, 3.8) is 0 Å². The van der Waals surface area contributed by atoms with Crippen molar-refractivity contribution in [2.24, 2.45) is 4.99 Å². The largest absolute Gasteiger partial charge is 0.383 e. The Morgan fingerprint density at radius 1 is 1.03 bits per heavy atom. The Hall–Kier alpha value is -4.23. The van der Waals surface area contributed by atoms with Gasteiger partial charge in [0.2, 0.25) is 6.17 Å². The van der Waals surface area contributed by atoms with Crippen molar-refractivity contribution >= 4 is 34.1 Å². The predicted molar refractivity (Wildman–Crippen MR) is 132 cm³/mol. The van der Waals surface area contributed by atoms with Crippen LogP contribution in [0.1, 0.15) is 21.6 Å². The molecule has 0 spiro atoms. The van der Waals surface area contributed by atoms with Crippen LogP contribution in [0.5, 0.6) is 0 Å². The molecule has 0 unspecified atom stereocenters. The second kappa shape index (κ2) is 9.33. The van der Waals surface area contributed by atoms with E-state index in [4.69, 9.17) is 9.73 Å². The van der Waals surface area contributed by atoms with Crippen molar-refractivity contribution in [1.82, 2.24) is 10.3 Å². The highest BCUT2D eigenvalue weighted by atomic mass is 16.5. The van der Waals surface area contributed by atoms with Gasteiger partial charge in [0.25, 0.3) is 11.8 Å². The maximum Gasteiger partial charge on any atom is 0.272 e. The van der Waals surface area contributed by atoms with E-state index < -0.39 is 12.1 Å². The average molecular weight is 453 g/mol. The van der Waals surface area contributed by atoms with Crippen LogP contribution in [0.25, 0.3) is 10.9 Å². The Morgan fingerprint density at radius 2 is 1.76 bits per heavy atom. The molecule has 1 aliphatic heterocycles. The zero-order valence-electron chi connectivity index (χ0n) is 18.7. The number of rotatable bonds is 6. The lowest BCUT2D eigenvalue weighted by atomic mass is 10.0. The number of amides is 2. The average Bonchev–Trinajstić information content (AvgIpc) is 3.28. The van der Waals surface area contributed by atoms with Crippen molar-refractivity contribution in [2.45, 2.75) is 6.17 Å². The number of fused-ring (bicyclic) bond motifs is 2. The van der Waals surface area contributed by atoms with Crippen molar-refractivity contribution in [1.29, 1.82) is 0 Å². The third kappa shape index (κ3) is 4.09.